The first kappa shape index (κ1) is 15.6. The Labute approximate surface area is 148 Å². The van der Waals surface area contributed by atoms with Crippen LogP contribution in [0.2, 0.25) is 0 Å². The molecule has 1 N–H and O–H groups in total. The summed E-state index contributed by atoms with van der Waals surface area (Å²) in [4.78, 5) is 11.2. The quantitative estimate of drug-likeness (QED) is 0.758. The van der Waals surface area contributed by atoms with Crippen molar-refractivity contribution in [2.45, 2.75) is 18.9 Å². The third kappa shape index (κ3) is 3.63. The van der Waals surface area contributed by atoms with Gasteiger partial charge in [-0.1, -0.05) is 60.7 Å². The second-order valence-corrected chi connectivity index (χ2v) is 6.35. The summed E-state index contributed by atoms with van der Waals surface area (Å²) in [5.74, 6) is 1.87. The summed E-state index contributed by atoms with van der Waals surface area (Å²) in [7, 11) is 0. The van der Waals surface area contributed by atoms with Crippen molar-refractivity contribution < 1.29 is 0 Å². The van der Waals surface area contributed by atoms with Crippen LogP contribution in [0.4, 0.5) is 11.6 Å². The normalized spacial score (nSPS) is 14.0. The molecule has 25 heavy (non-hydrogen) atoms. The van der Waals surface area contributed by atoms with Gasteiger partial charge in [0.1, 0.15) is 18.0 Å². The van der Waals surface area contributed by atoms with E-state index in [9.17, 15) is 0 Å². The van der Waals surface area contributed by atoms with Crippen LogP contribution in [0.3, 0.4) is 0 Å². The van der Waals surface area contributed by atoms with Crippen LogP contribution in [0.15, 0.2) is 73.1 Å². The summed E-state index contributed by atoms with van der Waals surface area (Å²) >= 11 is 0. The molecule has 0 saturated carbocycles. The first-order chi connectivity index (χ1) is 12.4. The molecule has 0 aliphatic carbocycles. The third-order valence-electron chi connectivity index (χ3n) is 4.64. The van der Waals surface area contributed by atoms with E-state index < -0.39 is 0 Å². The number of nitrogens with zero attached hydrogens (tertiary/aromatic N) is 3. The van der Waals surface area contributed by atoms with Crippen LogP contribution >= 0.6 is 0 Å². The van der Waals surface area contributed by atoms with Gasteiger partial charge in [0.15, 0.2) is 0 Å². The zero-order chi connectivity index (χ0) is 16.9. The van der Waals surface area contributed by atoms with Crippen LogP contribution in [-0.4, -0.2) is 23.1 Å². The van der Waals surface area contributed by atoms with Gasteiger partial charge in [0, 0.05) is 19.2 Å². The van der Waals surface area contributed by atoms with Crippen LogP contribution in [0.5, 0.6) is 0 Å². The molecule has 1 fully saturated rings. The second-order valence-electron chi connectivity index (χ2n) is 6.35. The van der Waals surface area contributed by atoms with E-state index in [-0.39, 0.29) is 6.04 Å². The van der Waals surface area contributed by atoms with Crippen molar-refractivity contribution in [3.8, 4) is 0 Å². The van der Waals surface area contributed by atoms with E-state index in [1.54, 1.807) is 6.33 Å². The van der Waals surface area contributed by atoms with Crippen molar-refractivity contribution in [2.75, 3.05) is 23.3 Å². The van der Waals surface area contributed by atoms with Gasteiger partial charge in [-0.3, -0.25) is 0 Å². The minimum Gasteiger partial charge on any atom is -0.359 e. The van der Waals surface area contributed by atoms with Gasteiger partial charge >= 0.3 is 0 Å². The monoisotopic (exact) mass is 330 g/mol. The lowest BCUT2D eigenvalue weighted by Gasteiger charge is -2.22. The second kappa shape index (κ2) is 7.34. The van der Waals surface area contributed by atoms with E-state index in [4.69, 9.17) is 0 Å². The maximum atomic E-state index is 4.45. The Morgan fingerprint density at radius 1 is 0.800 bits per heavy atom. The highest BCUT2D eigenvalue weighted by molar-refractivity contribution is 5.52. The molecule has 0 bridgehead atoms. The minimum absolute atomic E-state index is 0.0590. The predicted octanol–water partition coefficient (Wildman–Crippen LogP) is 4.28. The van der Waals surface area contributed by atoms with Gasteiger partial charge in [-0.25, -0.2) is 9.97 Å². The van der Waals surface area contributed by atoms with Gasteiger partial charge in [0.25, 0.3) is 0 Å². The Hall–Kier alpha value is -2.88. The summed E-state index contributed by atoms with van der Waals surface area (Å²) in [6.45, 7) is 2.16. The van der Waals surface area contributed by atoms with Crippen molar-refractivity contribution in [3.63, 3.8) is 0 Å². The van der Waals surface area contributed by atoms with E-state index in [0.29, 0.717) is 0 Å². The smallest absolute Gasteiger partial charge is 0.134 e. The molecule has 126 valence electrons. The minimum atomic E-state index is 0.0590. The molecule has 1 aromatic heterocycles. The van der Waals surface area contributed by atoms with Gasteiger partial charge in [-0.15, -0.1) is 0 Å². The van der Waals surface area contributed by atoms with Gasteiger partial charge < -0.3 is 10.2 Å². The maximum Gasteiger partial charge on any atom is 0.134 e. The molecule has 0 atom stereocenters. The molecule has 2 heterocycles. The van der Waals surface area contributed by atoms with Crippen molar-refractivity contribution in [3.05, 3.63) is 84.2 Å². The average molecular weight is 330 g/mol. The molecule has 4 rings (SSSR count). The lowest BCUT2D eigenvalue weighted by molar-refractivity contribution is 0.902. The highest BCUT2D eigenvalue weighted by Crippen LogP contribution is 2.27. The highest BCUT2D eigenvalue weighted by Gasteiger charge is 2.17. The summed E-state index contributed by atoms with van der Waals surface area (Å²) in [5, 5.41) is 3.60. The number of aromatic nitrogens is 2. The Morgan fingerprint density at radius 2 is 1.40 bits per heavy atom. The van der Waals surface area contributed by atoms with Crippen molar-refractivity contribution in [1.82, 2.24) is 9.97 Å². The first-order valence-electron chi connectivity index (χ1n) is 8.83. The third-order valence-corrected chi connectivity index (χ3v) is 4.64. The molecule has 0 spiro atoms. The molecule has 1 saturated heterocycles. The number of rotatable bonds is 5. The predicted molar refractivity (Wildman–Crippen MR) is 102 cm³/mol. The van der Waals surface area contributed by atoms with Crippen molar-refractivity contribution in [2.24, 2.45) is 0 Å². The molecule has 1 aliphatic heterocycles. The molecule has 3 aromatic rings. The molecule has 0 unspecified atom stereocenters. The standard InChI is InChI=1S/C21H22N4/c1-3-9-17(10-4-1)21(18-11-5-2-6-12-18)24-19-15-20(23-16-22-19)25-13-7-8-14-25/h1-6,9-12,15-16,21H,7-8,13-14H2,(H,22,23,24). The molecule has 1 aliphatic rings. The lowest BCUT2D eigenvalue weighted by atomic mass is 9.99. The Kier molecular flexibility index (Phi) is 4.59. The molecule has 4 heteroatoms. The van der Waals surface area contributed by atoms with E-state index in [2.05, 4.69) is 74.8 Å². The first-order valence-corrected chi connectivity index (χ1v) is 8.83. The van der Waals surface area contributed by atoms with E-state index in [0.717, 1.165) is 24.7 Å². The Bertz CT molecular complexity index is 759. The van der Waals surface area contributed by atoms with Crippen LogP contribution in [-0.2, 0) is 0 Å². The van der Waals surface area contributed by atoms with Crippen LogP contribution in [0.25, 0.3) is 0 Å². The average Bonchev–Trinajstić information content (AvgIpc) is 3.23. The number of benzene rings is 2. The van der Waals surface area contributed by atoms with Gasteiger partial charge in [-0.2, -0.15) is 0 Å². The fraction of sp³-hybridized carbons (Fsp3) is 0.238. The lowest BCUT2D eigenvalue weighted by Crippen LogP contribution is -2.20. The van der Waals surface area contributed by atoms with E-state index in [1.165, 1.54) is 24.0 Å². The van der Waals surface area contributed by atoms with E-state index in [1.807, 2.05) is 12.1 Å². The van der Waals surface area contributed by atoms with Gasteiger partial charge in [-0.05, 0) is 24.0 Å². The number of nitrogens with one attached hydrogen (secondary N) is 1. The zero-order valence-corrected chi connectivity index (χ0v) is 14.2. The van der Waals surface area contributed by atoms with Gasteiger partial charge in [0.05, 0.1) is 6.04 Å². The van der Waals surface area contributed by atoms with E-state index >= 15 is 0 Å². The van der Waals surface area contributed by atoms with Crippen LogP contribution < -0.4 is 10.2 Å². The number of hydrogen-bond acceptors (Lipinski definition) is 4. The fourth-order valence-electron chi connectivity index (χ4n) is 3.34. The molecule has 0 amide bonds. The summed E-state index contributed by atoms with van der Waals surface area (Å²) in [6.07, 6.45) is 4.13. The van der Waals surface area contributed by atoms with Gasteiger partial charge in [0.2, 0.25) is 0 Å². The van der Waals surface area contributed by atoms with Crippen molar-refractivity contribution >= 4 is 11.6 Å². The Balaban J connectivity index is 1.64. The highest BCUT2D eigenvalue weighted by atomic mass is 15.2. The molecule has 2 aromatic carbocycles. The molecule has 4 nitrogen and oxygen atoms in total. The largest absolute Gasteiger partial charge is 0.359 e. The SMILES string of the molecule is c1ccc(C(Nc2cc(N3CCCC3)ncn2)c2ccccc2)cc1. The summed E-state index contributed by atoms with van der Waals surface area (Å²) in [5.41, 5.74) is 2.44. The molecule has 0 radical (unpaired) electrons. The topological polar surface area (TPSA) is 41.0 Å². The number of anilines is 2. The summed E-state index contributed by atoms with van der Waals surface area (Å²) in [6, 6.07) is 23.1. The summed E-state index contributed by atoms with van der Waals surface area (Å²) < 4.78 is 0. The number of hydrogen-bond donors (Lipinski definition) is 1. The Morgan fingerprint density at radius 3 is 2.00 bits per heavy atom. The van der Waals surface area contributed by atoms with Crippen LogP contribution in [0.1, 0.15) is 30.0 Å². The fourth-order valence-corrected chi connectivity index (χ4v) is 3.34. The molecular formula is C21H22N4. The zero-order valence-electron chi connectivity index (χ0n) is 14.2. The van der Waals surface area contributed by atoms with Crippen LogP contribution in [0, 0.1) is 0 Å². The molecular weight excluding hydrogens is 308 g/mol. The van der Waals surface area contributed by atoms with Crippen molar-refractivity contribution in [1.29, 1.82) is 0 Å². The maximum absolute atomic E-state index is 4.45.